The molecule has 0 amide bonds. The number of fused-ring (bicyclic) bond motifs is 1. The predicted octanol–water partition coefficient (Wildman–Crippen LogP) is 9.07. The van der Waals surface area contributed by atoms with Gasteiger partial charge in [-0.2, -0.15) is 8.78 Å². The van der Waals surface area contributed by atoms with Crippen LogP contribution in [0.3, 0.4) is 0 Å². The minimum absolute atomic E-state index is 0.112. The molecule has 1 aliphatic carbocycles. The van der Waals surface area contributed by atoms with Crippen LogP contribution in [0.1, 0.15) is 90.0 Å². The van der Waals surface area contributed by atoms with Crippen LogP contribution in [-0.2, 0) is 6.42 Å². The van der Waals surface area contributed by atoms with E-state index < -0.39 is 12.0 Å². The maximum atomic E-state index is 14.8. The minimum atomic E-state index is -3.19. The molecule has 0 atom stereocenters. The first-order valence-electron chi connectivity index (χ1n) is 12.2. The maximum absolute atomic E-state index is 14.8. The zero-order valence-corrected chi connectivity index (χ0v) is 19.1. The smallest absolute Gasteiger partial charge is 0.400 e. The molecule has 0 N–H and O–H groups in total. The van der Waals surface area contributed by atoms with Gasteiger partial charge < -0.3 is 4.74 Å². The van der Waals surface area contributed by atoms with E-state index in [0.717, 1.165) is 43.9 Å². The Bertz CT molecular complexity index is 825. The average molecular weight is 435 g/mol. The van der Waals surface area contributed by atoms with E-state index in [1.807, 2.05) is 6.07 Å². The number of hydrogen-bond acceptors (Lipinski definition) is 1. The van der Waals surface area contributed by atoms with Gasteiger partial charge >= 0.3 is 6.11 Å². The molecule has 172 valence electrons. The third-order valence-corrected chi connectivity index (χ3v) is 6.82. The Morgan fingerprint density at radius 2 is 1.58 bits per heavy atom. The third kappa shape index (κ3) is 6.63. The van der Waals surface area contributed by atoms with Crippen LogP contribution in [-0.4, -0.2) is 6.11 Å². The standard InChI is InChI=1S/C27H37F3O/c1-3-5-7-9-20-11-14-24(15-12-20)27(29,30)31-25-16-13-21-17-22(10-8-6-4-2)26(28)19-23(21)18-25/h13,16-20,24H,3-12,14-15H2,1-2H3. The van der Waals surface area contributed by atoms with Gasteiger partial charge in [0.2, 0.25) is 0 Å². The largest absolute Gasteiger partial charge is 0.432 e. The van der Waals surface area contributed by atoms with Gasteiger partial charge in [0.25, 0.3) is 0 Å². The Morgan fingerprint density at radius 1 is 0.871 bits per heavy atom. The lowest BCUT2D eigenvalue weighted by molar-refractivity contribution is -0.223. The number of halogens is 3. The summed E-state index contributed by atoms with van der Waals surface area (Å²) in [5.74, 6) is -0.327. The van der Waals surface area contributed by atoms with Crippen molar-refractivity contribution < 1.29 is 17.9 Å². The van der Waals surface area contributed by atoms with Gasteiger partial charge in [0.15, 0.2) is 0 Å². The lowest BCUT2D eigenvalue weighted by Gasteiger charge is -2.33. The van der Waals surface area contributed by atoms with Crippen LogP contribution < -0.4 is 4.74 Å². The summed E-state index contributed by atoms with van der Waals surface area (Å²) in [6, 6.07) is 8.16. The zero-order valence-electron chi connectivity index (χ0n) is 19.1. The molecule has 0 spiro atoms. The van der Waals surface area contributed by atoms with Gasteiger partial charge in [-0.1, -0.05) is 58.4 Å². The molecule has 1 aliphatic rings. The van der Waals surface area contributed by atoms with Crippen LogP contribution in [0, 0.1) is 17.7 Å². The number of ether oxygens (including phenoxy) is 1. The van der Waals surface area contributed by atoms with Gasteiger partial charge in [0, 0.05) is 0 Å². The lowest BCUT2D eigenvalue weighted by atomic mass is 9.79. The summed E-state index contributed by atoms with van der Waals surface area (Å²) in [6.45, 7) is 4.30. The second-order valence-electron chi connectivity index (χ2n) is 9.29. The fraction of sp³-hybridized carbons (Fsp3) is 0.630. The van der Waals surface area contributed by atoms with Crippen LogP contribution in [0.4, 0.5) is 13.2 Å². The molecule has 4 heteroatoms. The fourth-order valence-corrected chi connectivity index (χ4v) is 4.83. The first kappa shape index (κ1) is 23.9. The van der Waals surface area contributed by atoms with E-state index in [1.54, 1.807) is 18.2 Å². The van der Waals surface area contributed by atoms with E-state index in [2.05, 4.69) is 13.8 Å². The SMILES string of the molecule is CCCCCc1cc2ccc(OC(F)(F)C3CCC(CCCCC)CC3)cc2cc1F. The molecule has 0 heterocycles. The molecule has 2 aromatic rings. The van der Waals surface area contributed by atoms with Crippen LogP contribution in [0.15, 0.2) is 30.3 Å². The Balaban J connectivity index is 1.62. The van der Waals surface area contributed by atoms with Crippen LogP contribution in [0.25, 0.3) is 10.8 Å². The molecule has 0 radical (unpaired) electrons. The second-order valence-corrected chi connectivity index (χ2v) is 9.29. The molecule has 2 aromatic carbocycles. The highest BCUT2D eigenvalue weighted by molar-refractivity contribution is 5.84. The molecule has 1 fully saturated rings. The van der Waals surface area contributed by atoms with Gasteiger partial charge in [-0.25, -0.2) is 4.39 Å². The molecule has 31 heavy (non-hydrogen) atoms. The Hall–Kier alpha value is -1.71. The number of benzene rings is 2. The second kappa shape index (κ2) is 11.2. The van der Waals surface area contributed by atoms with Crippen molar-refractivity contribution in [2.75, 3.05) is 0 Å². The molecule has 0 unspecified atom stereocenters. The highest BCUT2D eigenvalue weighted by atomic mass is 19.3. The maximum Gasteiger partial charge on any atom is 0.400 e. The van der Waals surface area contributed by atoms with Crippen molar-refractivity contribution in [2.45, 2.75) is 97.0 Å². The van der Waals surface area contributed by atoms with Crippen molar-refractivity contribution in [2.24, 2.45) is 11.8 Å². The van der Waals surface area contributed by atoms with Crippen LogP contribution >= 0.6 is 0 Å². The molecule has 0 aromatic heterocycles. The highest BCUT2D eigenvalue weighted by Gasteiger charge is 2.43. The Morgan fingerprint density at radius 3 is 2.29 bits per heavy atom. The molecule has 1 saturated carbocycles. The zero-order chi connectivity index (χ0) is 22.3. The summed E-state index contributed by atoms with van der Waals surface area (Å²) in [7, 11) is 0. The summed E-state index contributed by atoms with van der Waals surface area (Å²) < 4.78 is 49.3. The molecular weight excluding hydrogens is 397 g/mol. The minimum Gasteiger partial charge on any atom is -0.432 e. The summed E-state index contributed by atoms with van der Waals surface area (Å²) in [5, 5.41) is 1.46. The number of aryl methyl sites for hydroxylation is 1. The average Bonchev–Trinajstić information content (AvgIpc) is 2.75. The summed E-state index contributed by atoms with van der Waals surface area (Å²) in [6.07, 6.45) is 8.12. The van der Waals surface area contributed by atoms with E-state index >= 15 is 0 Å². The van der Waals surface area contributed by atoms with Gasteiger partial charge in [0.05, 0.1) is 5.92 Å². The van der Waals surface area contributed by atoms with Gasteiger partial charge in [-0.15, -0.1) is 0 Å². The van der Waals surface area contributed by atoms with E-state index in [0.29, 0.717) is 36.1 Å². The quantitative estimate of drug-likeness (QED) is 0.320. The summed E-state index contributed by atoms with van der Waals surface area (Å²) in [4.78, 5) is 0. The molecule has 0 bridgehead atoms. The van der Waals surface area contributed by atoms with Gasteiger partial charge in [0.1, 0.15) is 11.6 Å². The van der Waals surface area contributed by atoms with Crippen molar-refractivity contribution in [3.05, 3.63) is 41.7 Å². The third-order valence-electron chi connectivity index (χ3n) is 6.82. The molecule has 0 saturated heterocycles. The summed E-state index contributed by atoms with van der Waals surface area (Å²) >= 11 is 0. The van der Waals surface area contributed by atoms with Crippen molar-refractivity contribution in [1.29, 1.82) is 0 Å². The summed E-state index contributed by atoms with van der Waals surface area (Å²) in [5.41, 5.74) is 0.690. The number of hydrogen-bond donors (Lipinski definition) is 0. The topological polar surface area (TPSA) is 9.23 Å². The molecule has 1 nitrogen and oxygen atoms in total. The Labute approximate surface area is 185 Å². The first-order valence-corrected chi connectivity index (χ1v) is 12.2. The van der Waals surface area contributed by atoms with Crippen molar-refractivity contribution in [3.8, 4) is 5.75 Å². The highest BCUT2D eigenvalue weighted by Crippen LogP contribution is 2.41. The van der Waals surface area contributed by atoms with Gasteiger partial charge in [-0.3, -0.25) is 0 Å². The molecule has 0 aliphatic heterocycles. The fourth-order valence-electron chi connectivity index (χ4n) is 4.83. The Kier molecular flexibility index (Phi) is 8.68. The van der Waals surface area contributed by atoms with Crippen molar-refractivity contribution in [1.82, 2.24) is 0 Å². The van der Waals surface area contributed by atoms with Gasteiger partial charge in [-0.05, 0) is 85.0 Å². The molecule has 3 rings (SSSR count). The number of unbranched alkanes of at least 4 members (excludes halogenated alkanes) is 4. The van der Waals surface area contributed by atoms with Crippen molar-refractivity contribution >= 4 is 10.8 Å². The number of alkyl halides is 2. The lowest BCUT2D eigenvalue weighted by Crippen LogP contribution is -2.37. The van der Waals surface area contributed by atoms with E-state index in [4.69, 9.17) is 4.74 Å². The van der Waals surface area contributed by atoms with E-state index in [1.165, 1.54) is 25.3 Å². The normalized spacial score (nSPS) is 19.6. The monoisotopic (exact) mass is 434 g/mol. The first-order chi connectivity index (χ1) is 14.9. The van der Waals surface area contributed by atoms with Crippen molar-refractivity contribution in [3.63, 3.8) is 0 Å². The van der Waals surface area contributed by atoms with Crippen LogP contribution in [0.5, 0.6) is 5.75 Å². The number of rotatable bonds is 11. The molecular formula is C27H37F3O. The van der Waals surface area contributed by atoms with Crippen LogP contribution in [0.2, 0.25) is 0 Å². The van der Waals surface area contributed by atoms with E-state index in [9.17, 15) is 13.2 Å². The van der Waals surface area contributed by atoms with E-state index in [-0.39, 0.29) is 11.6 Å². The predicted molar refractivity (Wildman–Crippen MR) is 122 cm³/mol.